The third-order valence-electron chi connectivity index (χ3n) is 3.90. The molecule has 1 rings (SSSR count). The number of nitrogens with zero attached hydrogens (tertiary/aromatic N) is 1. The minimum Gasteiger partial charge on any atom is -0.480 e. The van der Waals surface area contributed by atoms with E-state index in [2.05, 4.69) is 5.32 Å². The van der Waals surface area contributed by atoms with Gasteiger partial charge in [-0.1, -0.05) is 0 Å². The number of amides is 1. The highest BCUT2D eigenvalue weighted by atomic mass is 16.4. The molecular formula is C13H24N2O3. The van der Waals surface area contributed by atoms with Crippen molar-refractivity contribution in [2.75, 3.05) is 20.1 Å². The van der Waals surface area contributed by atoms with Crippen LogP contribution >= 0.6 is 0 Å². The molecule has 1 saturated heterocycles. The van der Waals surface area contributed by atoms with Gasteiger partial charge in [-0.05, 0) is 52.1 Å². The van der Waals surface area contributed by atoms with Gasteiger partial charge in [0, 0.05) is 13.5 Å². The van der Waals surface area contributed by atoms with Gasteiger partial charge < -0.3 is 15.3 Å². The number of aliphatic carboxylic acids is 1. The second-order valence-electron chi connectivity index (χ2n) is 5.57. The molecule has 1 aliphatic heterocycles. The van der Waals surface area contributed by atoms with Crippen molar-refractivity contribution in [2.45, 2.75) is 45.1 Å². The summed E-state index contributed by atoms with van der Waals surface area (Å²) in [4.78, 5) is 24.4. The fourth-order valence-electron chi connectivity index (χ4n) is 2.12. The lowest BCUT2D eigenvalue weighted by Gasteiger charge is -2.32. The predicted octanol–water partition coefficient (Wildman–Crippen LogP) is 1.09. The van der Waals surface area contributed by atoms with Crippen LogP contribution in [0.2, 0.25) is 0 Å². The third kappa shape index (κ3) is 3.70. The number of likely N-dealkylation sites (N-methyl/N-ethyl adjacent to an activating group) is 1. The molecule has 0 aromatic carbocycles. The molecule has 0 bridgehead atoms. The van der Waals surface area contributed by atoms with Gasteiger partial charge in [-0.3, -0.25) is 4.79 Å². The minimum absolute atomic E-state index is 0.0898. The summed E-state index contributed by atoms with van der Waals surface area (Å²) in [6, 6.07) is 0. The molecule has 1 fully saturated rings. The summed E-state index contributed by atoms with van der Waals surface area (Å²) in [6.07, 6.45) is 3.59. The molecule has 5 heteroatoms. The molecule has 5 nitrogen and oxygen atoms in total. The van der Waals surface area contributed by atoms with Gasteiger partial charge in [-0.2, -0.15) is 0 Å². The highest BCUT2D eigenvalue weighted by Crippen LogP contribution is 2.19. The summed E-state index contributed by atoms with van der Waals surface area (Å²) in [6.45, 7) is 5.14. The zero-order valence-corrected chi connectivity index (χ0v) is 11.5. The normalized spacial score (nSPS) is 20.5. The standard InChI is InChI=1S/C13H24N2O3/c1-13(2,12(17)18)15(3)11(16)7-6-10-5-4-8-14-9-10/h10,14H,4-9H2,1-3H3,(H,17,18). The first-order chi connectivity index (χ1) is 8.35. The van der Waals surface area contributed by atoms with Gasteiger partial charge >= 0.3 is 5.97 Å². The molecule has 18 heavy (non-hydrogen) atoms. The number of piperidine rings is 1. The second-order valence-corrected chi connectivity index (χ2v) is 5.57. The number of carbonyl (C=O) groups is 2. The Morgan fingerprint density at radius 3 is 2.61 bits per heavy atom. The highest BCUT2D eigenvalue weighted by molar-refractivity contribution is 5.86. The predicted molar refractivity (Wildman–Crippen MR) is 69.3 cm³/mol. The van der Waals surface area contributed by atoms with Crippen LogP contribution in [0.25, 0.3) is 0 Å². The van der Waals surface area contributed by atoms with Gasteiger partial charge in [0.05, 0.1) is 0 Å². The van der Waals surface area contributed by atoms with Crippen molar-refractivity contribution in [2.24, 2.45) is 5.92 Å². The topological polar surface area (TPSA) is 69.6 Å². The number of rotatable bonds is 5. The van der Waals surface area contributed by atoms with Crippen LogP contribution in [0.3, 0.4) is 0 Å². The molecule has 2 N–H and O–H groups in total. The van der Waals surface area contributed by atoms with E-state index in [0.29, 0.717) is 12.3 Å². The van der Waals surface area contributed by atoms with E-state index in [4.69, 9.17) is 5.11 Å². The Hall–Kier alpha value is -1.10. The quantitative estimate of drug-likeness (QED) is 0.772. The first-order valence-electron chi connectivity index (χ1n) is 6.56. The van der Waals surface area contributed by atoms with E-state index in [9.17, 15) is 9.59 Å². The molecule has 1 heterocycles. The Labute approximate surface area is 109 Å². The van der Waals surface area contributed by atoms with Crippen molar-refractivity contribution >= 4 is 11.9 Å². The summed E-state index contributed by atoms with van der Waals surface area (Å²) in [5.74, 6) is -0.519. The average molecular weight is 256 g/mol. The van der Waals surface area contributed by atoms with E-state index >= 15 is 0 Å². The summed E-state index contributed by atoms with van der Waals surface area (Å²) >= 11 is 0. The Kier molecular flexibility index (Phi) is 5.14. The molecule has 0 aromatic heterocycles. The van der Waals surface area contributed by atoms with Crippen LogP contribution in [-0.4, -0.2) is 47.6 Å². The molecule has 0 saturated carbocycles. The smallest absolute Gasteiger partial charge is 0.329 e. The van der Waals surface area contributed by atoms with E-state index in [1.807, 2.05) is 0 Å². The van der Waals surface area contributed by atoms with Crippen molar-refractivity contribution in [1.82, 2.24) is 10.2 Å². The maximum atomic E-state index is 12.0. The van der Waals surface area contributed by atoms with Crippen LogP contribution < -0.4 is 5.32 Å². The zero-order valence-electron chi connectivity index (χ0n) is 11.5. The van der Waals surface area contributed by atoms with Crippen molar-refractivity contribution in [3.8, 4) is 0 Å². The van der Waals surface area contributed by atoms with Crippen LogP contribution in [0, 0.1) is 5.92 Å². The molecule has 104 valence electrons. The number of carbonyl (C=O) groups excluding carboxylic acids is 1. The maximum Gasteiger partial charge on any atom is 0.329 e. The summed E-state index contributed by atoms with van der Waals surface area (Å²) in [7, 11) is 1.57. The lowest BCUT2D eigenvalue weighted by molar-refractivity contribution is -0.155. The van der Waals surface area contributed by atoms with E-state index in [-0.39, 0.29) is 5.91 Å². The van der Waals surface area contributed by atoms with Gasteiger partial charge in [0.25, 0.3) is 0 Å². The first-order valence-corrected chi connectivity index (χ1v) is 6.56. The van der Waals surface area contributed by atoms with Crippen LogP contribution in [-0.2, 0) is 9.59 Å². The second kappa shape index (κ2) is 6.18. The Balaban J connectivity index is 2.42. The number of carboxylic acids is 1. The molecule has 1 unspecified atom stereocenters. The van der Waals surface area contributed by atoms with E-state index in [1.54, 1.807) is 20.9 Å². The first kappa shape index (κ1) is 15.0. The molecule has 1 amide bonds. The molecule has 1 aliphatic rings. The molecule has 0 radical (unpaired) electrons. The number of hydrogen-bond donors (Lipinski definition) is 2. The SMILES string of the molecule is CN(C(=O)CCC1CCCNC1)C(C)(C)C(=O)O. The van der Waals surface area contributed by atoms with E-state index < -0.39 is 11.5 Å². The molecule has 1 atom stereocenters. The van der Waals surface area contributed by atoms with E-state index in [1.165, 1.54) is 4.90 Å². The van der Waals surface area contributed by atoms with Crippen molar-refractivity contribution in [1.29, 1.82) is 0 Å². The Morgan fingerprint density at radius 1 is 1.44 bits per heavy atom. The van der Waals surface area contributed by atoms with E-state index in [0.717, 1.165) is 32.4 Å². The summed E-state index contributed by atoms with van der Waals surface area (Å²) < 4.78 is 0. The maximum absolute atomic E-state index is 12.0. The van der Waals surface area contributed by atoms with Crippen molar-refractivity contribution in [3.05, 3.63) is 0 Å². The van der Waals surface area contributed by atoms with Crippen LogP contribution in [0.4, 0.5) is 0 Å². The molecular weight excluding hydrogens is 232 g/mol. The number of nitrogens with one attached hydrogen (secondary N) is 1. The monoisotopic (exact) mass is 256 g/mol. The van der Waals surface area contributed by atoms with Crippen LogP contribution in [0.15, 0.2) is 0 Å². The molecule has 0 aromatic rings. The summed E-state index contributed by atoms with van der Waals surface area (Å²) in [5, 5.41) is 12.4. The van der Waals surface area contributed by atoms with Gasteiger partial charge in [0.1, 0.15) is 5.54 Å². The fraction of sp³-hybridized carbons (Fsp3) is 0.846. The highest BCUT2D eigenvalue weighted by Gasteiger charge is 2.34. The summed E-state index contributed by atoms with van der Waals surface area (Å²) in [5.41, 5.74) is -1.14. The molecule has 0 aliphatic carbocycles. The number of carboxylic acid groups (broad SMARTS) is 1. The molecule has 0 spiro atoms. The van der Waals surface area contributed by atoms with Crippen LogP contribution in [0.5, 0.6) is 0 Å². The number of hydrogen-bond acceptors (Lipinski definition) is 3. The fourth-order valence-corrected chi connectivity index (χ4v) is 2.12. The lowest BCUT2D eigenvalue weighted by atomic mass is 9.94. The minimum atomic E-state index is -1.14. The average Bonchev–Trinajstić information content (AvgIpc) is 2.36. The van der Waals surface area contributed by atoms with Crippen molar-refractivity contribution < 1.29 is 14.7 Å². The van der Waals surface area contributed by atoms with Gasteiger partial charge in [-0.15, -0.1) is 0 Å². The largest absolute Gasteiger partial charge is 0.480 e. The Morgan fingerprint density at radius 2 is 2.11 bits per heavy atom. The Bertz CT molecular complexity index is 309. The van der Waals surface area contributed by atoms with Gasteiger partial charge in [0.2, 0.25) is 5.91 Å². The lowest BCUT2D eigenvalue weighted by Crippen LogP contribution is -2.50. The van der Waals surface area contributed by atoms with Gasteiger partial charge in [-0.25, -0.2) is 4.79 Å². The van der Waals surface area contributed by atoms with Crippen LogP contribution in [0.1, 0.15) is 39.5 Å². The zero-order chi connectivity index (χ0) is 13.8. The third-order valence-corrected chi connectivity index (χ3v) is 3.90. The van der Waals surface area contributed by atoms with Crippen molar-refractivity contribution in [3.63, 3.8) is 0 Å². The van der Waals surface area contributed by atoms with Gasteiger partial charge in [0.15, 0.2) is 0 Å².